The second-order valence-electron chi connectivity index (χ2n) is 3.92. The minimum atomic E-state index is -1.23. The number of hydrogen-bond acceptors (Lipinski definition) is 3. The minimum Gasteiger partial charge on any atom is -0.543 e. The predicted molar refractivity (Wildman–Crippen MR) is 61.4 cm³/mol. The Balaban J connectivity index is 2.07. The van der Waals surface area contributed by atoms with Gasteiger partial charge in [0.25, 0.3) is 0 Å². The summed E-state index contributed by atoms with van der Waals surface area (Å²) >= 11 is 0. The van der Waals surface area contributed by atoms with E-state index >= 15 is 0 Å². The van der Waals surface area contributed by atoms with E-state index in [1.54, 1.807) is 4.68 Å². The smallest absolute Gasteiger partial charge is 0.108 e. The van der Waals surface area contributed by atoms with Crippen LogP contribution in [0.1, 0.15) is 21.7 Å². The summed E-state index contributed by atoms with van der Waals surface area (Å²) < 4.78 is 1.69. The van der Waals surface area contributed by atoms with Crippen LogP contribution in [0.15, 0.2) is 36.4 Å². The van der Waals surface area contributed by atoms with Crippen LogP contribution in [0.2, 0.25) is 0 Å². The molecule has 0 N–H and O–H groups in total. The van der Waals surface area contributed by atoms with Crippen molar-refractivity contribution in [1.82, 2.24) is 9.78 Å². The van der Waals surface area contributed by atoms with E-state index in [4.69, 9.17) is 0 Å². The molecule has 0 aliphatic carbocycles. The third-order valence-electron chi connectivity index (χ3n) is 2.65. The molecular formula is C13H13N2O2-. The van der Waals surface area contributed by atoms with Gasteiger partial charge in [0.15, 0.2) is 0 Å². The maximum atomic E-state index is 10.7. The third-order valence-corrected chi connectivity index (χ3v) is 2.65. The molecule has 0 amide bonds. The number of aromatic carboxylic acids is 1. The fraction of sp³-hybridized carbons (Fsp3) is 0.231. The number of carboxylic acid groups (broad SMARTS) is 1. The van der Waals surface area contributed by atoms with Crippen LogP contribution >= 0.6 is 0 Å². The van der Waals surface area contributed by atoms with E-state index < -0.39 is 5.97 Å². The van der Waals surface area contributed by atoms with E-state index in [0.717, 1.165) is 12.1 Å². The Morgan fingerprint density at radius 1 is 1.35 bits per heavy atom. The summed E-state index contributed by atoms with van der Waals surface area (Å²) in [7, 11) is 0. The first-order valence-electron chi connectivity index (χ1n) is 5.46. The van der Waals surface area contributed by atoms with Gasteiger partial charge in [-0.3, -0.25) is 4.68 Å². The third kappa shape index (κ3) is 2.72. The Kier molecular flexibility index (Phi) is 3.23. The summed E-state index contributed by atoms with van der Waals surface area (Å²) in [6, 6.07) is 11.5. The van der Waals surface area contributed by atoms with Crippen molar-refractivity contribution in [1.29, 1.82) is 0 Å². The monoisotopic (exact) mass is 229 g/mol. The summed E-state index contributed by atoms with van der Waals surface area (Å²) in [6.07, 6.45) is 0.829. The number of rotatable bonds is 4. The van der Waals surface area contributed by atoms with Gasteiger partial charge in [0.05, 0.1) is 5.97 Å². The van der Waals surface area contributed by atoms with Gasteiger partial charge in [0, 0.05) is 12.2 Å². The van der Waals surface area contributed by atoms with Gasteiger partial charge in [-0.05, 0) is 25.0 Å². The maximum absolute atomic E-state index is 10.7. The zero-order valence-corrected chi connectivity index (χ0v) is 9.59. The van der Waals surface area contributed by atoms with Crippen LogP contribution in [0, 0.1) is 6.92 Å². The highest BCUT2D eigenvalue weighted by molar-refractivity contribution is 5.83. The van der Waals surface area contributed by atoms with Crippen LogP contribution in [0.5, 0.6) is 0 Å². The molecule has 0 aliphatic rings. The van der Waals surface area contributed by atoms with Crippen LogP contribution in [0.4, 0.5) is 0 Å². The van der Waals surface area contributed by atoms with Gasteiger partial charge in [0.2, 0.25) is 0 Å². The highest BCUT2D eigenvalue weighted by Gasteiger charge is 2.04. The normalized spacial score (nSPS) is 10.4. The fourth-order valence-corrected chi connectivity index (χ4v) is 1.72. The Morgan fingerprint density at radius 2 is 2.06 bits per heavy atom. The molecule has 0 aliphatic heterocycles. The molecule has 0 atom stereocenters. The first kappa shape index (κ1) is 11.4. The van der Waals surface area contributed by atoms with Gasteiger partial charge in [-0.15, -0.1) is 0 Å². The number of nitrogens with zero attached hydrogens (tertiary/aromatic N) is 2. The van der Waals surface area contributed by atoms with E-state index in [9.17, 15) is 9.90 Å². The number of aromatic nitrogens is 2. The molecule has 4 heteroatoms. The second-order valence-corrected chi connectivity index (χ2v) is 3.92. The molecule has 0 radical (unpaired) electrons. The molecule has 2 aromatic rings. The molecule has 2 rings (SSSR count). The zero-order valence-electron chi connectivity index (χ0n) is 9.59. The van der Waals surface area contributed by atoms with E-state index in [1.807, 2.05) is 37.3 Å². The molecule has 0 bridgehead atoms. The molecule has 0 fully saturated rings. The van der Waals surface area contributed by atoms with Gasteiger partial charge in [-0.2, -0.15) is 5.10 Å². The summed E-state index contributed by atoms with van der Waals surface area (Å²) in [5.41, 5.74) is 2.04. The minimum absolute atomic E-state index is 0.00411. The molecule has 0 saturated carbocycles. The Morgan fingerprint density at radius 3 is 2.65 bits per heavy atom. The molecule has 4 nitrogen and oxygen atoms in total. The molecule has 0 unspecified atom stereocenters. The lowest BCUT2D eigenvalue weighted by Crippen LogP contribution is -2.23. The molecule has 0 spiro atoms. The summed E-state index contributed by atoms with van der Waals surface area (Å²) in [6.45, 7) is 2.51. The Labute approximate surface area is 99.5 Å². The Hall–Kier alpha value is -2.10. The Bertz CT molecular complexity index is 517. The summed E-state index contributed by atoms with van der Waals surface area (Å²) in [5.74, 6) is -1.23. The van der Waals surface area contributed by atoms with E-state index in [-0.39, 0.29) is 5.69 Å². The van der Waals surface area contributed by atoms with E-state index in [1.165, 1.54) is 11.6 Å². The lowest BCUT2D eigenvalue weighted by Gasteiger charge is -2.04. The van der Waals surface area contributed by atoms with Crippen LogP contribution < -0.4 is 5.11 Å². The SMILES string of the molecule is Cc1cc(C(=O)[O-])nn1CCc1ccccc1. The van der Waals surface area contributed by atoms with Crippen molar-refractivity contribution in [3.05, 3.63) is 53.3 Å². The number of carbonyl (C=O) groups is 1. The number of carboxylic acids is 1. The van der Waals surface area contributed by atoms with Crippen molar-refractivity contribution >= 4 is 5.97 Å². The fourth-order valence-electron chi connectivity index (χ4n) is 1.72. The number of benzene rings is 1. The first-order chi connectivity index (χ1) is 8.16. The van der Waals surface area contributed by atoms with Crippen LogP contribution in [0.25, 0.3) is 0 Å². The lowest BCUT2D eigenvalue weighted by atomic mass is 10.1. The van der Waals surface area contributed by atoms with Crippen molar-refractivity contribution in [3.8, 4) is 0 Å². The van der Waals surface area contributed by atoms with Gasteiger partial charge in [0.1, 0.15) is 5.69 Å². The highest BCUT2D eigenvalue weighted by Crippen LogP contribution is 2.06. The van der Waals surface area contributed by atoms with Crippen LogP contribution in [0.3, 0.4) is 0 Å². The van der Waals surface area contributed by atoms with E-state index in [2.05, 4.69) is 5.10 Å². The molecule has 1 aromatic heterocycles. The van der Waals surface area contributed by atoms with Crippen molar-refractivity contribution in [3.63, 3.8) is 0 Å². The zero-order chi connectivity index (χ0) is 12.3. The van der Waals surface area contributed by atoms with Crippen LogP contribution in [-0.2, 0) is 13.0 Å². The van der Waals surface area contributed by atoms with Crippen molar-refractivity contribution in [2.24, 2.45) is 0 Å². The molecule has 1 aromatic carbocycles. The quantitative estimate of drug-likeness (QED) is 0.779. The molecular weight excluding hydrogens is 216 g/mol. The van der Waals surface area contributed by atoms with Crippen molar-refractivity contribution in [2.75, 3.05) is 0 Å². The van der Waals surface area contributed by atoms with Gasteiger partial charge in [-0.25, -0.2) is 0 Å². The summed E-state index contributed by atoms with van der Waals surface area (Å²) in [4.78, 5) is 10.7. The van der Waals surface area contributed by atoms with E-state index in [0.29, 0.717) is 6.54 Å². The number of aryl methyl sites for hydroxylation is 3. The average Bonchev–Trinajstić information content (AvgIpc) is 2.70. The molecule has 17 heavy (non-hydrogen) atoms. The van der Waals surface area contributed by atoms with Gasteiger partial charge >= 0.3 is 0 Å². The largest absolute Gasteiger partial charge is 0.543 e. The maximum Gasteiger partial charge on any atom is 0.108 e. The van der Waals surface area contributed by atoms with Crippen molar-refractivity contribution < 1.29 is 9.90 Å². The number of carbonyl (C=O) groups excluding carboxylic acids is 1. The molecule has 88 valence electrons. The predicted octanol–water partition coefficient (Wildman–Crippen LogP) is 0.798. The van der Waals surface area contributed by atoms with Gasteiger partial charge in [-0.1, -0.05) is 30.3 Å². The standard InChI is InChI=1S/C13H14N2O2/c1-10-9-12(13(16)17)14-15(10)8-7-11-5-3-2-4-6-11/h2-6,9H,7-8H2,1H3,(H,16,17)/p-1. The van der Waals surface area contributed by atoms with Crippen molar-refractivity contribution in [2.45, 2.75) is 19.9 Å². The van der Waals surface area contributed by atoms with Gasteiger partial charge < -0.3 is 9.90 Å². The lowest BCUT2D eigenvalue weighted by molar-refractivity contribution is -0.255. The number of hydrogen-bond donors (Lipinski definition) is 0. The second kappa shape index (κ2) is 4.82. The topological polar surface area (TPSA) is 57.9 Å². The summed E-state index contributed by atoms with van der Waals surface area (Å²) in [5, 5.41) is 14.6. The highest BCUT2D eigenvalue weighted by atomic mass is 16.4. The van der Waals surface area contributed by atoms with Crippen LogP contribution in [-0.4, -0.2) is 15.7 Å². The molecule has 1 heterocycles. The first-order valence-corrected chi connectivity index (χ1v) is 5.46. The molecule has 0 saturated heterocycles. The average molecular weight is 229 g/mol.